The zero-order valence-electron chi connectivity index (χ0n) is 10.3. The highest BCUT2D eigenvalue weighted by molar-refractivity contribution is 6.23. The van der Waals surface area contributed by atoms with E-state index in [-0.39, 0.29) is 17.7 Å². The number of Topliss-reactive ketones (excluding diaryl/α,β-unsaturated/α-hetero) is 2. The summed E-state index contributed by atoms with van der Waals surface area (Å²) in [6.45, 7) is 0. The molecule has 0 aromatic carbocycles. The van der Waals surface area contributed by atoms with Crippen molar-refractivity contribution < 1.29 is 19.1 Å². The minimum Gasteiger partial charge on any atom is -0.378 e. The van der Waals surface area contributed by atoms with E-state index in [0.717, 1.165) is 24.8 Å². The van der Waals surface area contributed by atoms with Crippen molar-refractivity contribution in [2.45, 2.75) is 44.3 Å². The van der Waals surface area contributed by atoms with Crippen molar-refractivity contribution >= 4 is 11.6 Å². The topological polar surface area (TPSA) is 52.6 Å². The predicted molar refractivity (Wildman–Crippen MR) is 61.7 cm³/mol. The van der Waals surface area contributed by atoms with Crippen molar-refractivity contribution in [3.63, 3.8) is 0 Å². The number of hydrogen-bond donors (Lipinski definition) is 0. The summed E-state index contributed by atoms with van der Waals surface area (Å²) >= 11 is 0. The van der Waals surface area contributed by atoms with Crippen LogP contribution in [0.25, 0.3) is 0 Å². The Balaban J connectivity index is 2.37. The SMILES string of the molecule is COC1CC2=C(C(=O)CCCC2)C(=O)C1OC. The fourth-order valence-electron chi connectivity index (χ4n) is 2.71. The van der Waals surface area contributed by atoms with Gasteiger partial charge in [0.2, 0.25) is 0 Å². The van der Waals surface area contributed by atoms with E-state index < -0.39 is 6.10 Å². The Labute approximate surface area is 101 Å². The lowest BCUT2D eigenvalue weighted by Crippen LogP contribution is -2.43. The molecule has 17 heavy (non-hydrogen) atoms. The molecule has 0 heterocycles. The van der Waals surface area contributed by atoms with E-state index in [1.54, 1.807) is 7.11 Å². The zero-order chi connectivity index (χ0) is 12.4. The predicted octanol–water partition coefficient (Wildman–Crippen LogP) is 1.43. The van der Waals surface area contributed by atoms with Gasteiger partial charge in [-0.15, -0.1) is 0 Å². The summed E-state index contributed by atoms with van der Waals surface area (Å²) in [5, 5.41) is 0. The summed E-state index contributed by atoms with van der Waals surface area (Å²) in [4.78, 5) is 24.2. The molecular formula is C13H18O4. The molecule has 0 aliphatic heterocycles. The van der Waals surface area contributed by atoms with E-state index in [1.165, 1.54) is 7.11 Å². The standard InChI is InChI=1S/C13H18O4/c1-16-10-7-8-5-3-4-6-9(14)11(8)12(15)13(10)17-2/h10,13H,3-7H2,1-2H3. The van der Waals surface area contributed by atoms with Crippen LogP contribution in [-0.4, -0.2) is 38.0 Å². The number of methoxy groups -OCH3 is 2. The number of ether oxygens (including phenoxy) is 2. The third-order valence-electron chi connectivity index (χ3n) is 3.61. The van der Waals surface area contributed by atoms with E-state index in [2.05, 4.69) is 0 Å². The largest absolute Gasteiger partial charge is 0.378 e. The lowest BCUT2D eigenvalue weighted by Gasteiger charge is -2.30. The molecule has 94 valence electrons. The monoisotopic (exact) mass is 238 g/mol. The van der Waals surface area contributed by atoms with Gasteiger partial charge in [-0.05, 0) is 25.7 Å². The molecule has 0 aromatic heterocycles. The Morgan fingerprint density at radius 2 is 1.76 bits per heavy atom. The molecule has 4 heteroatoms. The molecule has 0 fully saturated rings. The maximum absolute atomic E-state index is 12.2. The molecule has 0 saturated carbocycles. The molecule has 4 nitrogen and oxygen atoms in total. The normalized spacial score (nSPS) is 30.2. The molecule has 0 spiro atoms. The van der Waals surface area contributed by atoms with Gasteiger partial charge < -0.3 is 9.47 Å². The maximum atomic E-state index is 12.2. The van der Waals surface area contributed by atoms with Crippen molar-refractivity contribution in [2.24, 2.45) is 0 Å². The highest BCUT2D eigenvalue weighted by atomic mass is 16.5. The Morgan fingerprint density at radius 1 is 1.06 bits per heavy atom. The highest BCUT2D eigenvalue weighted by Crippen LogP contribution is 2.33. The van der Waals surface area contributed by atoms with Gasteiger partial charge in [-0.1, -0.05) is 5.57 Å². The Bertz CT molecular complexity index is 370. The molecule has 0 amide bonds. The van der Waals surface area contributed by atoms with E-state index in [9.17, 15) is 9.59 Å². The molecule has 0 bridgehead atoms. The molecule has 2 unspecified atom stereocenters. The van der Waals surface area contributed by atoms with Gasteiger partial charge in [-0.3, -0.25) is 9.59 Å². The Hall–Kier alpha value is -1.00. The van der Waals surface area contributed by atoms with E-state index >= 15 is 0 Å². The number of hydrogen-bond acceptors (Lipinski definition) is 4. The van der Waals surface area contributed by atoms with Gasteiger partial charge in [0.05, 0.1) is 11.7 Å². The van der Waals surface area contributed by atoms with Gasteiger partial charge in [0, 0.05) is 20.6 Å². The minimum absolute atomic E-state index is 0.0147. The summed E-state index contributed by atoms with van der Waals surface area (Å²) in [5.74, 6) is -0.202. The second-order valence-corrected chi connectivity index (χ2v) is 4.61. The summed E-state index contributed by atoms with van der Waals surface area (Å²) in [5.41, 5.74) is 1.38. The lowest BCUT2D eigenvalue weighted by molar-refractivity contribution is -0.136. The fraction of sp³-hybridized carbons (Fsp3) is 0.692. The molecule has 2 atom stereocenters. The van der Waals surface area contributed by atoms with Crippen molar-refractivity contribution in [1.82, 2.24) is 0 Å². The van der Waals surface area contributed by atoms with Gasteiger partial charge in [-0.2, -0.15) is 0 Å². The minimum atomic E-state index is -0.624. The number of carbonyl (C=O) groups is 2. The first-order valence-corrected chi connectivity index (χ1v) is 6.04. The molecule has 0 N–H and O–H groups in total. The number of carbonyl (C=O) groups excluding carboxylic acids is 2. The molecule has 2 aliphatic carbocycles. The molecular weight excluding hydrogens is 220 g/mol. The van der Waals surface area contributed by atoms with Crippen LogP contribution in [0.15, 0.2) is 11.1 Å². The number of ketones is 2. The Morgan fingerprint density at radius 3 is 2.41 bits per heavy atom. The smallest absolute Gasteiger partial charge is 0.197 e. The van der Waals surface area contributed by atoms with Gasteiger partial charge >= 0.3 is 0 Å². The van der Waals surface area contributed by atoms with Crippen LogP contribution in [0.2, 0.25) is 0 Å². The third kappa shape index (κ3) is 2.19. The maximum Gasteiger partial charge on any atom is 0.197 e. The van der Waals surface area contributed by atoms with Crippen LogP contribution in [0, 0.1) is 0 Å². The van der Waals surface area contributed by atoms with E-state index in [4.69, 9.17) is 9.47 Å². The first-order valence-electron chi connectivity index (χ1n) is 6.04. The Kier molecular flexibility index (Phi) is 3.74. The van der Waals surface area contributed by atoms with Crippen molar-refractivity contribution in [3.05, 3.63) is 11.1 Å². The fourth-order valence-corrected chi connectivity index (χ4v) is 2.71. The molecule has 2 rings (SSSR count). The van der Waals surface area contributed by atoms with Gasteiger partial charge in [-0.25, -0.2) is 0 Å². The van der Waals surface area contributed by atoms with Crippen LogP contribution in [0.1, 0.15) is 32.1 Å². The van der Waals surface area contributed by atoms with Crippen LogP contribution in [-0.2, 0) is 19.1 Å². The van der Waals surface area contributed by atoms with Crippen molar-refractivity contribution in [1.29, 1.82) is 0 Å². The lowest BCUT2D eigenvalue weighted by atomic mass is 9.83. The summed E-state index contributed by atoms with van der Waals surface area (Å²) in [7, 11) is 3.06. The van der Waals surface area contributed by atoms with E-state index in [1.807, 2.05) is 0 Å². The number of rotatable bonds is 2. The summed E-state index contributed by atoms with van der Waals surface area (Å²) in [6, 6.07) is 0. The molecule has 0 aromatic rings. The van der Waals surface area contributed by atoms with Crippen molar-refractivity contribution in [2.75, 3.05) is 14.2 Å². The zero-order valence-corrected chi connectivity index (χ0v) is 10.3. The quantitative estimate of drug-likeness (QED) is 0.683. The first kappa shape index (κ1) is 12.5. The summed E-state index contributed by atoms with van der Waals surface area (Å²) in [6.07, 6.45) is 2.93. The average Bonchev–Trinajstić information content (AvgIpc) is 2.51. The van der Waals surface area contributed by atoms with Crippen LogP contribution in [0.4, 0.5) is 0 Å². The van der Waals surface area contributed by atoms with Crippen LogP contribution < -0.4 is 0 Å². The second-order valence-electron chi connectivity index (χ2n) is 4.61. The average molecular weight is 238 g/mol. The molecule has 0 saturated heterocycles. The van der Waals surface area contributed by atoms with Gasteiger partial charge in [0.1, 0.15) is 6.10 Å². The third-order valence-corrected chi connectivity index (χ3v) is 3.61. The molecule has 0 radical (unpaired) electrons. The first-order chi connectivity index (χ1) is 8.19. The van der Waals surface area contributed by atoms with Gasteiger partial charge in [0.15, 0.2) is 11.6 Å². The van der Waals surface area contributed by atoms with Crippen LogP contribution in [0.3, 0.4) is 0 Å². The van der Waals surface area contributed by atoms with E-state index in [0.29, 0.717) is 18.4 Å². The second kappa shape index (κ2) is 5.10. The molecule has 2 aliphatic rings. The van der Waals surface area contributed by atoms with Crippen LogP contribution >= 0.6 is 0 Å². The van der Waals surface area contributed by atoms with Gasteiger partial charge in [0.25, 0.3) is 0 Å². The van der Waals surface area contributed by atoms with Crippen molar-refractivity contribution in [3.8, 4) is 0 Å². The summed E-state index contributed by atoms with van der Waals surface area (Å²) < 4.78 is 10.5. The van der Waals surface area contributed by atoms with Crippen LogP contribution in [0.5, 0.6) is 0 Å². The highest BCUT2D eigenvalue weighted by Gasteiger charge is 2.40.